The van der Waals surface area contributed by atoms with Gasteiger partial charge in [-0.3, -0.25) is 4.79 Å². The molecule has 0 radical (unpaired) electrons. The molecule has 0 aromatic heterocycles. The number of epoxide rings is 1. The summed E-state index contributed by atoms with van der Waals surface area (Å²) in [6.45, 7) is 0.932. The monoisotopic (exact) mass is 301 g/mol. The van der Waals surface area contributed by atoms with Gasteiger partial charge in [0.25, 0.3) is 5.91 Å². The van der Waals surface area contributed by atoms with Gasteiger partial charge in [-0.25, -0.2) is 0 Å². The molecule has 6 heteroatoms. The average Bonchev–Trinajstić information content (AvgIpc) is 3.00. The number of nitrogens with zero attached hydrogens (tertiary/aromatic N) is 1. The van der Waals surface area contributed by atoms with Crippen LogP contribution in [-0.4, -0.2) is 53.6 Å². The van der Waals surface area contributed by atoms with Gasteiger partial charge in [0, 0.05) is 30.0 Å². The van der Waals surface area contributed by atoms with Crippen LogP contribution in [0.25, 0.3) is 0 Å². The van der Waals surface area contributed by atoms with E-state index in [9.17, 15) is 9.90 Å². The van der Waals surface area contributed by atoms with Gasteiger partial charge in [-0.05, 0) is 24.1 Å². The highest BCUT2D eigenvalue weighted by Gasteiger charge is 2.65. The van der Waals surface area contributed by atoms with Gasteiger partial charge in [-0.1, -0.05) is 0 Å². The molecule has 1 aromatic carbocycles. The first-order valence-electron chi connectivity index (χ1n) is 7.82. The lowest BCUT2D eigenvalue weighted by molar-refractivity contribution is 0.0351. The lowest BCUT2D eigenvalue weighted by Gasteiger charge is -2.44. The van der Waals surface area contributed by atoms with E-state index in [1.165, 1.54) is 0 Å². The summed E-state index contributed by atoms with van der Waals surface area (Å²) < 4.78 is 16.6. The number of hydrogen-bond donors (Lipinski definition) is 1. The van der Waals surface area contributed by atoms with E-state index in [2.05, 4.69) is 0 Å². The Morgan fingerprint density at radius 3 is 2.86 bits per heavy atom. The fourth-order valence-electron chi connectivity index (χ4n) is 5.00. The third kappa shape index (κ3) is 1.19. The van der Waals surface area contributed by atoms with Gasteiger partial charge in [-0.2, -0.15) is 0 Å². The summed E-state index contributed by atoms with van der Waals surface area (Å²) in [7, 11) is 0. The number of aliphatic hydroxyl groups excluding tert-OH is 1. The van der Waals surface area contributed by atoms with Crippen LogP contribution in [0, 0.1) is 5.92 Å². The largest absolute Gasteiger partial charge is 0.454 e. The smallest absolute Gasteiger partial charge is 0.254 e. The molecule has 4 aliphatic heterocycles. The van der Waals surface area contributed by atoms with Crippen LogP contribution in [0.15, 0.2) is 12.1 Å². The van der Waals surface area contributed by atoms with Gasteiger partial charge in [0.15, 0.2) is 11.5 Å². The first-order chi connectivity index (χ1) is 10.7. The van der Waals surface area contributed by atoms with E-state index in [4.69, 9.17) is 14.2 Å². The van der Waals surface area contributed by atoms with E-state index in [1.54, 1.807) is 6.07 Å². The fraction of sp³-hybridized carbons (Fsp3) is 0.562. The van der Waals surface area contributed by atoms with Gasteiger partial charge in [0.05, 0.1) is 12.2 Å². The van der Waals surface area contributed by atoms with Crippen molar-refractivity contribution in [2.75, 3.05) is 13.3 Å². The third-order valence-corrected chi connectivity index (χ3v) is 5.95. The minimum absolute atomic E-state index is 0.0448. The molecule has 6 rings (SSSR count). The maximum Gasteiger partial charge on any atom is 0.254 e. The maximum absolute atomic E-state index is 12.9. The number of aliphatic hydroxyl groups is 1. The molecular formula is C16H15NO5. The number of fused-ring (bicyclic) bond motifs is 5. The van der Waals surface area contributed by atoms with Crippen molar-refractivity contribution < 1.29 is 24.1 Å². The Kier molecular flexibility index (Phi) is 1.91. The summed E-state index contributed by atoms with van der Waals surface area (Å²) in [5.41, 5.74) is 1.54. The van der Waals surface area contributed by atoms with Crippen LogP contribution >= 0.6 is 0 Å². The van der Waals surface area contributed by atoms with Crippen LogP contribution < -0.4 is 9.47 Å². The number of ether oxygens (including phenoxy) is 3. The van der Waals surface area contributed by atoms with E-state index in [1.807, 2.05) is 11.0 Å². The molecular weight excluding hydrogens is 286 g/mol. The van der Waals surface area contributed by atoms with Crippen molar-refractivity contribution in [1.29, 1.82) is 0 Å². The van der Waals surface area contributed by atoms with Gasteiger partial charge in [0.2, 0.25) is 6.79 Å². The fourth-order valence-corrected chi connectivity index (χ4v) is 5.00. The maximum atomic E-state index is 12.9. The lowest BCUT2D eigenvalue weighted by atomic mass is 9.69. The summed E-state index contributed by atoms with van der Waals surface area (Å²) in [4.78, 5) is 14.8. The zero-order valence-corrected chi connectivity index (χ0v) is 11.8. The molecule has 3 unspecified atom stereocenters. The number of rotatable bonds is 0. The summed E-state index contributed by atoms with van der Waals surface area (Å²) >= 11 is 0. The Bertz CT molecular complexity index is 719. The van der Waals surface area contributed by atoms with E-state index >= 15 is 0 Å². The topological polar surface area (TPSA) is 71.5 Å². The van der Waals surface area contributed by atoms with E-state index in [0.29, 0.717) is 23.0 Å². The van der Waals surface area contributed by atoms with E-state index in [-0.39, 0.29) is 36.9 Å². The van der Waals surface area contributed by atoms with E-state index < -0.39 is 6.10 Å². The standard InChI is InChI=1S/C16H15NO5/c18-13-11-7-3-9-10(21-5-20-9)4-8(7)16(19)17-2-1-6(12(11)17)14-15(13)22-14/h3-4,6,11-15,18H,1-2,5H2/t6?,11-,12?,13?,14-,15+/m0/s1. The van der Waals surface area contributed by atoms with Crippen molar-refractivity contribution in [3.63, 3.8) is 0 Å². The Balaban J connectivity index is 1.58. The van der Waals surface area contributed by atoms with Crippen LogP contribution in [0.3, 0.4) is 0 Å². The molecule has 1 aliphatic carbocycles. The Morgan fingerprint density at radius 1 is 1.18 bits per heavy atom. The zero-order valence-electron chi connectivity index (χ0n) is 11.8. The highest BCUT2D eigenvalue weighted by molar-refractivity contribution is 5.98. The summed E-state index contributed by atoms with van der Waals surface area (Å²) in [5.74, 6) is 1.59. The van der Waals surface area contributed by atoms with Gasteiger partial charge in [-0.15, -0.1) is 0 Å². The molecule has 0 bridgehead atoms. The molecule has 1 amide bonds. The molecule has 114 valence electrons. The third-order valence-electron chi connectivity index (χ3n) is 5.95. The lowest BCUT2D eigenvalue weighted by Crippen LogP contribution is -2.54. The van der Waals surface area contributed by atoms with Crippen molar-refractivity contribution in [3.8, 4) is 11.5 Å². The van der Waals surface area contributed by atoms with Crippen LogP contribution in [0.2, 0.25) is 0 Å². The summed E-state index contributed by atoms with van der Waals surface area (Å²) in [5, 5.41) is 10.7. The molecule has 1 N–H and O–H groups in total. The molecule has 1 aromatic rings. The Hall–Kier alpha value is -1.79. The molecule has 3 fully saturated rings. The van der Waals surface area contributed by atoms with Crippen LogP contribution in [0.4, 0.5) is 0 Å². The molecule has 4 heterocycles. The molecule has 22 heavy (non-hydrogen) atoms. The van der Waals surface area contributed by atoms with Crippen LogP contribution in [0.1, 0.15) is 28.3 Å². The SMILES string of the molecule is O=C1c2cc3c(cc2[C@@H]2C(O)[C@H]4O[C@H]4C4CCN1C42)OCO3. The number of hydrogen-bond acceptors (Lipinski definition) is 5. The minimum Gasteiger partial charge on any atom is -0.454 e. The van der Waals surface area contributed by atoms with Crippen LogP contribution in [0.5, 0.6) is 11.5 Å². The Morgan fingerprint density at radius 2 is 2.00 bits per heavy atom. The first-order valence-corrected chi connectivity index (χ1v) is 7.82. The number of carbonyl (C=O) groups is 1. The number of benzene rings is 1. The predicted molar refractivity (Wildman–Crippen MR) is 72.9 cm³/mol. The molecule has 0 spiro atoms. The van der Waals surface area contributed by atoms with Gasteiger partial charge in [0.1, 0.15) is 6.10 Å². The minimum atomic E-state index is -0.556. The molecule has 6 atom stereocenters. The van der Waals surface area contributed by atoms with Crippen molar-refractivity contribution in [1.82, 2.24) is 4.90 Å². The normalized spacial score (nSPS) is 42.8. The molecule has 1 saturated carbocycles. The predicted octanol–water partition coefficient (Wildman–Crippen LogP) is 0.485. The number of amides is 1. The van der Waals surface area contributed by atoms with Crippen LogP contribution in [-0.2, 0) is 4.74 Å². The van der Waals surface area contributed by atoms with Gasteiger partial charge < -0.3 is 24.2 Å². The number of carbonyl (C=O) groups excluding carboxylic acids is 1. The highest BCUT2D eigenvalue weighted by atomic mass is 16.7. The van der Waals surface area contributed by atoms with Crippen molar-refractivity contribution in [2.45, 2.75) is 36.7 Å². The van der Waals surface area contributed by atoms with Crippen molar-refractivity contribution >= 4 is 5.91 Å². The highest BCUT2D eigenvalue weighted by Crippen LogP contribution is 2.56. The summed E-state index contributed by atoms with van der Waals surface area (Å²) in [6.07, 6.45) is 0.461. The quantitative estimate of drug-likeness (QED) is 0.706. The van der Waals surface area contributed by atoms with Crippen molar-refractivity contribution in [2.24, 2.45) is 5.92 Å². The van der Waals surface area contributed by atoms with Gasteiger partial charge >= 0.3 is 0 Å². The average molecular weight is 301 g/mol. The van der Waals surface area contributed by atoms with Crippen molar-refractivity contribution in [3.05, 3.63) is 23.3 Å². The zero-order chi connectivity index (χ0) is 14.6. The molecule has 5 aliphatic rings. The van der Waals surface area contributed by atoms with E-state index in [0.717, 1.165) is 18.5 Å². The second kappa shape index (κ2) is 3.58. The Labute approximate surface area is 126 Å². The molecule has 6 nitrogen and oxygen atoms in total. The summed E-state index contributed by atoms with van der Waals surface area (Å²) in [6, 6.07) is 3.72. The second-order valence-corrected chi connectivity index (χ2v) is 6.82. The first kappa shape index (κ1) is 11.7. The molecule has 2 saturated heterocycles. The second-order valence-electron chi connectivity index (χ2n) is 6.82.